The average molecular weight is 288 g/mol. The number of allylic oxidation sites excluding steroid dienone is 2. The zero-order chi connectivity index (χ0) is 15.5. The van der Waals surface area contributed by atoms with Crippen molar-refractivity contribution >= 4 is 5.69 Å². The summed E-state index contributed by atoms with van der Waals surface area (Å²) in [6.45, 7) is 8.66. The highest BCUT2D eigenvalue weighted by atomic mass is 16.5. The van der Waals surface area contributed by atoms with Crippen molar-refractivity contribution in [2.45, 2.75) is 19.3 Å². The molecular weight excluding hydrogens is 264 g/mol. The Kier molecular flexibility index (Phi) is 7.58. The molecular formula is C17H24N2O2. The fraction of sp³-hybridized carbons (Fsp3) is 0.294. The van der Waals surface area contributed by atoms with E-state index in [-0.39, 0.29) is 0 Å². The first kappa shape index (κ1) is 16.7. The molecule has 0 aromatic heterocycles. The Morgan fingerprint density at radius 1 is 1.00 bits per heavy atom. The van der Waals surface area contributed by atoms with Gasteiger partial charge in [0.25, 0.3) is 0 Å². The SMILES string of the molecule is C=C(N)/C=C\C(=C)OCCCCCOc1ccc(N)cc1. The number of rotatable bonds is 10. The van der Waals surface area contributed by atoms with E-state index >= 15 is 0 Å². The third-order valence-electron chi connectivity index (χ3n) is 2.71. The van der Waals surface area contributed by atoms with E-state index in [0.29, 0.717) is 24.7 Å². The van der Waals surface area contributed by atoms with Crippen LogP contribution in [0.3, 0.4) is 0 Å². The van der Waals surface area contributed by atoms with Crippen molar-refractivity contribution in [1.82, 2.24) is 0 Å². The summed E-state index contributed by atoms with van der Waals surface area (Å²) in [5.74, 6) is 1.45. The molecule has 0 fully saturated rings. The molecule has 0 atom stereocenters. The van der Waals surface area contributed by atoms with Crippen molar-refractivity contribution in [1.29, 1.82) is 0 Å². The normalized spacial score (nSPS) is 10.5. The van der Waals surface area contributed by atoms with Crippen LogP contribution in [0.2, 0.25) is 0 Å². The highest BCUT2D eigenvalue weighted by Gasteiger charge is 1.95. The van der Waals surface area contributed by atoms with Gasteiger partial charge >= 0.3 is 0 Å². The first-order valence-corrected chi connectivity index (χ1v) is 7.00. The summed E-state index contributed by atoms with van der Waals surface area (Å²) in [5.41, 5.74) is 12.2. The van der Waals surface area contributed by atoms with E-state index < -0.39 is 0 Å². The van der Waals surface area contributed by atoms with Crippen LogP contribution < -0.4 is 16.2 Å². The molecule has 4 heteroatoms. The molecule has 4 nitrogen and oxygen atoms in total. The molecule has 0 saturated carbocycles. The summed E-state index contributed by atoms with van der Waals surface area (Å²) < 4.78 is 11.0. The topological polar surface area (TPSA) is 70.5 Å². The van der Waals surface area contributed by atoms with Gasteiger partial charge in [0, 0.05) is 11.4 Å². The smallest absolute Gasteiger partial charge is 0.119 e. The van der Waals surface area contributed by atoms with Crippen molar-refractivity contribution in [3.8, 4) is 5.75 Å². The molecule has 0 aliphatic carbocycles. The number of nitrogens with two attached hydrogens (primary N) is 2. The van der Waals surface area contributed by atoms with Gasteiger partial charge in [-0.2, -0.15) is 0 Å². The molecule has 0 heterocycles. The van der Waals surface area contributed by atoms with E-state index in [1.165, 1.54) is 0 Å². The highest BCUT2D eigenvalue weighted by molar-refractivity contribution is 5.41. The number of ether oxygens (including phenoxy) is 2. The summed E-state index contributed by atoms with van der Waals surface area (Å²) in [6.07, 6.45) is 6.36. The maximum absolute atomic E-state index is 5.61. The Hall–Kier alpha value is -2.36. The zero-order valence-corrected chi connectivity index (χ0v) is 12.4. The molecule has 0 amide bonds. The van der Waals surface area contributed by atoms with Crippen molar-refractivity contribution < 1.29 is 9.47 Å². The van der Waals surface area contributed by atoms with Crippen molar-refractivity contribution in [2.24, 2.45) is 5.73 Å². The molecule has 0 spiro atoms. The first-order chi connectivity index (χ1) is 10.1. The molecule has 1 aromatic carbocycles. The van der Waals surface area contributed by atoms with E-state index in [9.17, 15) is 0 Å². The van der Waals surface area contributed by atoms with Gasteiger partial charge in [-0.15, -0.1) is 0 Å². The molecule has 21 heavy (non-hydrogen) atoms. The maximum atomic E-state index is 5.61. The third kappa shape index (κ3) is 8.42. The van der Waals surface area contributed by atoms with Gasteiger partial charge < -0.3 is 20.9 Å². The van der Waals surface area contributed by atoms with Crippen molar-refractivity contribution in [3.05, 3.63) is 61.0 Å². The lowest BCUT2D eigenvalue weighted by Gasteiger charge is -2.07. The molecule has 0 aliphatic rings. The molecule has 0 radical (unpaired) electrons. The van der Waals surface area contributed by atoms with Gasteiger partial charge in [0.15, 0.2) is 0 Å². The Morgan fingerprint density at radius 3 is 2.33 bits per heavy atom. The zero-order valence-electron chi connectivity index (χ0n) is 12.4. The Balaban J connectivity index is 2.01. The summed E-state index contributed by atoms with van der Waals surface area (Å²) in [7, 11) is 0. The lowest BCUT2D eigenvalue weighted by atomic mass is 10.2. The second-order valence-electron chi connectivity index (χ2n) is 4.70. The Morgan fingerprint density at radius 2 is 1.67 bits per heavy atom. The fourth-order valence-corrected chi connectivity index (χ4v) is 1.59. The van der Waals surface area contributed by atoms with Crippen LogP contribution in [-0.2, 0) is 4.74 Å². The summed E-state index contributed by atoms with van der Waals surface area (Å²) in [5, 5.41) is 0. The minimum atomic E-state index is 0.486. The van der Waals surface area contributed by atoms with E-state index in [0.717, 1.165) is 30.7 Å². The number of hydrogen-bond donors (Lipinski definition) is 2. The summed E-state index contributed by atoms with van der Waals surface area (Å²) in [4.78, 5) is 0. The summed E-state index contributed by atoms with van der Waals surface area (Å²) in [6, 6.07) is 7.41. The number of hydrogen-bond acceptors (Lipinski definition) is 4. The third-order valence-corrected chi connectivity index (χ3v) is 2.71. The molecule has 0 bridgehead atoms. The van der Waals surface area contributed by atoms with Crippen LogP contribution in [0.1, 0.15) is 19.3 Å². The predicted molar refractivity (Wildman–Crippen MR) is 87.8 cm³/mol. The van der Waals surface area contributed by atoms with Crippen LogP contribution in [0.15, 0.2) is 61.0 Å². The summed E-state index contributed by atoms with van der Waals surface area (Å²) >= 11 is 0. The minimum absolute atomic E-state index is 0.486. The van der Waals surface area contributed by atoms with E-state index in [1.807, 2.05) is 24.3 Å². The van der Waals surface area contributed by atoms with Crippen LogP contribution in [0, 0.1) is 0 Å². The van der Waals surface area contributed by atoms with Crippen LogP contribution in [0.25, 0.3) is 0 Å². The fourth-order valence-electron chi connectivity index (χ4n) is 1.59. The van der Waals surface area contributed by atoms with E-state index in [1.54, 1.807) is 12.2 Å². The quantitative estimate of drug-likeness (QED) is 0.300. The predicted octanol–water partition coefficient (Wildman–Crippen LogP) is 3.38. The molecule has 1 aromatic rings. The van der Waals surface area contributed by atoms with Gasteiger partial charge in [-0.05, 0) is 55.7 Å². The second kappa shape index (κ2) is 9.53. The van der Waals surface area contributed by atoms with Crippen LogP contribution >= 0.6 is 0 Å². The Bertz CT molecular complexity index is 478. The largest absolute Gasteiger partial charge is 0.494 e. The van der Waals surface area contributed by atoms with Crippen LogP contribution in [0.5, 0.6) is 5.75 Å². The van der Waals surface area contributed by atoms with Gasteiger partial charge in [0.1, 0.15) is 11.5 Å². The van der Waals surface area contributed by atoms with Gasteiger partial charge in [-0.3, -0.25) is 0 Å². The van der Waals surface area contributed by atoms with Gasteiger partial charge in [0.05, 0.1) is 13.2 Å². The van der Waals surface area contributed by atoms with E-state index in [2.05, 4.69) is 13.2 Å². The van der Waals surface area contributed by atoms with Crippen molar-refractivity contribution in [3.63, 3.8) is 0 Å². The van der Waals surface area contributed by atoms with Gasteiger partial charge in [-0.1, -0.05) is 13.2 Å². The minimum Gasteiger partial charge on any atom is -0.494 e. The lowest BCUT2D eigenvalue weighted by molar-refractivity contribution is 0.214. The van der Waals surface area contributed by atoms with Gasteiger partial charge in [0.2, 0.25) is 0 Å². The van der Waals surface area contributed by atoms with Gasteiger partial charge in [-0.25, -0.2) is 0 Å². The lowest BCUT2D eigenvalue weighted by Crippen LogP contribution is -1.99. The molecule has 1 rings (SSSR count). The van der Waals surface area contributed by atoms with E-state index in [4.69, 9.17) is 20.9 Å². The molecule has 0 saturated heterocycles. The number of nitrogen functional groups attached to an aromatic ring is 1. The number of unbranched alkanes of at least 4 members (excludes halogenated alkanes) is 2. The molecule has 0 aliphatic heterocycles. The monoisotopic (exact) mass is 288 g/mol. The first-order valence-electron chi connectivity index (χ1n) is 7.00. The van der Waals surface area contributed by atoms with Crippen LogP contribution in [0.4, 0.5) is 5.69 Å². The maximum Gasteiger partial charge on any atom is 0.119 e. The highest BCUT2D eigenvalue weighted by Crippen LogP contribution is 2.13. The molecule has 0 unspecified atom stereocenters. The molecule has 4 N–H and O–H groups in total. The van der Waals surface area contributed by atoms with Crippen molar-refractivity contribution in [2.75, 3.05) is 18.9 Å². The molecule has 114 valence electrons. The Labute approximate surface area is 126 Å². The number of anilines is 1. The standard InChI is InChI=1S/C17H24N2O2/c1-14(18)6-7-15(2)20-12-4-3-5-13-21-17-10-8-16(19)9-11-17/h6-11H,1-5,12-13,18-19H2/b7-6-. The average Bonchev–Trinajstić information content (AvgIpc) is 2.46. The number of benzene rings is 1. The van der Waals surface area contributed by atoms with Crippen LogP contribution in [-0.4, -0.2) is 13.2 Å². The second-order valence-corrected chi connectivity index (χ2v) is 4.70.